The van der Waals surface area contributed by atoms with Gasteiger partial charge in [0, 0.05) is 4.75 Å². The lowest BCUT2D eigenvalue weighted by molar-refractivity contribution is 0.425. The average molecular weight is 284 g/mol. The van der Waals surface area contributed by atoms with Crippen LogP contribution in [0, 0.1) is 6.92 Å². The van der Waals surface area contributed by atoms with Crippen LogP contribution in [-0.2, 0) is 5.75 Å². The van der Waals surface area contributed by atoms with Crippen LogP contribution in [0.4, 0.5) is 5.13 Å². The first-order valence-electron chi connectivity index (χ1n) is 5.55. The molecule has 0 radical (unpaired) electrons. The monoisotopic (exact) mass is 284 g/mol. The number of rotatable bonds is 3. The molecule has 5 nitrogen and oxygen atoms in total. The van der Waals surface area contributed by atoms with Crippen molar-refractivity contribution < 1.29 is 4.52 Å². The minimum atomic E-state index is 0.186. The Labute approximate surface area is 114 Å². The second kappa shape index (κ2) is 4.89. The van der Waals surface area contributed by atoms with E-state index in [0.29, 0.717) is 16.8 Å². The standard InChI is InChI=1S/C11H16N4OS2/c1-6-8(18-10(12)13-6)9-14-7(15-16-9)5-17-11(2,3)4/h5H2,1-4H3,(H2,12,13). The van der Waals surface area contributed by atoms with Crippen LogP contribution in [-0.4, -0.2) is 19.9 Å². The second-order valence-electron chi connectivity index (χ2n) is 4.88. The molecule has 0 aromatic carbocycles. The van der Waals surface area contributed by atoms with Crippen LogP contribution in [0.25, 0.3) is 10.8 Å². The van der Waals surface area contributed by atoms with Crippen LogP contribution >= 0.6 is 23.1 Å². The molecule has 0 aliphatic rings. The van der Waals surface area contributed by atoms with Gasteiger partial charge in [-0.1, -0.05) is 37.3 Å². The van der Waals surface area contributed by atoms with Crippen molar-refractivity contribution in [1.82, 2.24) is 15.1 Å². The molecule has 0 bridgehead atoms. The Morgan fingerprint density at radius 3 is 2.61 bits per heavy atom. The zero-order valence-electron chi connectivity index (χ0n) is 10.9. The van der Waals surface area contributed by atoms with Gasteiger partial charge in [0.2, 0.25) is 0 Å². The van der Waals surface area contributed by atoms with Crippen LogP contribution in [0.15, 0.2) is 4.52 Å². The third-order valence-electron chi connectivity index (χ3n) is 2.11. The van der Waals surface area contributed by atoms with E-state index in [0.717, 1.165) is 16.3 Å². The Hall–Kier alpha value is -1.08. The predicted octanol–water partition coefficient (Wildman–Crippen LogP) is 3.12. The van der Waals surface area contributed by atoms with Crippen molar-refractivity contribution in [1.29, 1.82) is 0 Å². The summed E-state index contributed by atoms with van der Waals surface area (Å²) in [5.74, 6) is 1.95. The van der Waals surface area contributed by atoms with E-state index in [1.54, 1.807) is 11.8 Å². The number of nitrogens with zero attached hydrogens (tertiary/aromatic N) is 3. The molecule has 2 aromatic heterocycles. The lowest BCUT2D eigenvalue weighted by Gasteiger charge is -2.15. The van der Waals surface area contributed by atoms with Gasteiger partial charge < -0.3 is 10.3 Å². The summed E-state index contributed by atoms with van der Waals surface area (Å²) in [6.07, 6.45) is 0. The van der Waals surface area contributed by atoms with Crippen LogP contribution < -0.4 is 5.73 Å². The van der Waals surface area contributed by atoms with Crippen LogP contribution in [0.1, 0.15) is 32.3 Å². The normalized spacial score (nSPS) is 12.0. The number of thioether (sulfide) groups is 1. The van der Waals surface area contributed by atoms with Crippen molar-refractivity contribution in [3.05, 3.63) is 11.5 Å². The van der Waals surface area contributed by atoms with E-state index in [9.17, 15) is 0 Å². The predicted molar refractivity (Wildman–Crippen MR) is 75.6 cm³/mol. The van der Waals surface area contributed by atoms with E-state index in [4.69, 9.17) is 10.3 Å². The van der Waals surface area contributed by atoms with Gasteiger partial charge in [-0.2, -0.15) is 4.98 Å². The molecule has 98 valence electrons. The Kier molecular flexibility index (Phi) is 3.63. The van der Waals surface area contributed by atoms with Crippen molar-refractivity contribution in [2.24, 2.45) is 0 Å². The van der Waals surface area contributed by atoms with Crippen LogP contribution in [0.3, 0.4) is 0 Å². The largest absolute Gasteiger partial charge is 0.375 e. The first-order chi connectivity index (χ1) is 8.35. The summed E-state index contributed by atoms with van der Waals surface area (Å²) in [6, 6.07) is 0. The Balaban J connectivity index is 2.13. The third kappa shape index (κ3) is 3.23. The first kappa shape index (κ1) is 13.4. The Morgan fingerprint density at radius 2 is 2.06 bits per heavy atom. The molecule has 0 saturated heterocycles. The number of nitrogens with two attached hydrogens (primary N) is 1. The average Bonchev–Trinajstić information content (AvgIpc) is 2.81. The maximum atomic E-state index is 5.65. The molecule has 0 unspecified atom stereocenters. The minimum Gasteiger partial charge on any atom is -0.375 e. The molecule has 2 rings (SSSR count). The van der Waals surface area contributed by atoms with Crippen molar-refractivity contribution in [2.45, 2.75) is 38.2 Å². The van der Waals surface area contributed by atoms with Crippen molar-refractivity contribution in [3.63, 3.8) is 0 Å². The molecule has 0 aliphatic heterocycles. The fraction of sp³-hybridized carbons (Fsp3) is 0.545. The molecule has 2 aromatic rings. The van der Waals surface area contributed by atoms with Crippen LogP contribution in [0.5, 0.6) is 0 Å². The molecule has 0 aliphatic carbocycles. The quantitative estimate of drug-likeness (QED) is 0.933. The van der Waals surface area contributed by atoms with Gasteiger partial charge >= 0.3 is 0 Å². The molecule has 2 heterocycles. The fourth-order valence-electron chi connectivity index (χ4n) is 1.30. The lowest BCUT2D eigenvalue weighted by atomic mass is 10.3. The number of aromatic nitrogens is 3. The van der Waals surface area contributed by atoms with Gasteiger partial charge in [0.1, 0.15) is 4.88 Å². The number of anilines is 1. The molecule has 18 heavy (non-hydrogen) atoms. The number of thiazole rings is 1. The molecule has 0 spiro atoms. The van der Waals surface area contributed by atoms with E-state index >= 15 is 0 Å². The SMILES string of the molecule is Cc1nc(N)sc1-c1nc(CSC(C)(C)C)no1. The highest BCUT2D eigenvalue weighted by Crippen LogP contribution is 2.31. The maximum absolute atomic E-state index is 5.65. The van der Waals surface area contributed by atoms with Gasteiger partial charge in [-0.05, 0) is 6.92 Å². The molecular weight excluding hydrogens is 268 g/mol. The van der Waals surface area contributed by atoms with Gasteiger partial charge in [-0.25, -0.2) is 4.98 Å². The second-order valence-corrected chi connectivity index (χ2v) is 7.72. The molecule has 7 heteroatoms. The van der Waals surface area contributed by atoms with Crippen molar-refractivity contribution >= 4 is 28.2 Å². The molecule has 2 N–H and O–H groups in total. The van der Waals surface area contributed by atoms with Gasteiger partial charge in [-0.15, -0.1) is 11.8 Å². The summed E-state index contributed by atoms with van der Waals surface area (Å²) >= 11 is 3.15. The van der Waals surface area contributed by atoms with E-state index in [1.165, 1.54) is 11.3 Å². The molecule has 0 saturated carbocycles. The minimum absolute atomic E-state index is 0.186. The number of aryl methyl sites for hydroxylation is 1. The topological polar surface area (TPSA) is 77.8 Å². The summed E-state index contributed by atoms with van der Waals surface area (Å²) in [6.45, 7) is 8.36. The number of hydrogen-bond acceptors (Lipinski definition) is 7. The Bertz CT molecular complexity index is 541. The van der Waals surface area contributed by atoms with Gasteiger partial charge in [0.25, 0.3) is 5.89 Å². The number of nitrogen functional groups attached to an aromatic ring is 1. The van der Waals surface area contributed by atoms with E-state index in [1.807, 2.05) is 6.92 Å². The van der Waals surface area contributed by atoms with E-state index < -0.39 is 0 Å². The summed E-state index contributed by atoms with van der Waals surface area (Å²) in [4.78, 5) is 9.37. The van der Waals surface area contributed by atoms with Crippen molar-refractivity contribution in [3.8, 4) is 10.8 Å². The maximum Gasteiger partial charge on any atom is 0.270 e. The zero-order chi connectivity index (χ0) is 13.3. The van der Waals surface area contributed by atoms with Gasteiger partial charge in [-0.3, -0.25) is 0 Å². The molecule has 0 amide bonds. The summed E-state index contributed by atoms with van der Waals surface area (Å²) in [5, 5.41) is 4.50. The van der Waals surface area contributed by atoms with E-state index in [2.05, 4.69) is 35.9 Å². The van der Waals surface area contributed by atoms with Gasteiger partial charge in [0.05, 0.1) is 11.4 Å². The number of hydrogen-bond donors (Lipinski definition) is 1. The smallest absolute Gasteiger partial charge is 0.270 e. The zero-order valence-corrected chi connectivity index (χ0v) is 12.5. The molecule has 0 fully saturated rings. The molecule has 0 atom stereocenters. The van der Waals surface area contributed by atoms with E-state index in [-0.39, 0.29) is 4.75 Å². The highest BCUT2D eigenvalue weighted by atomic mass is 32.2. The summed E-state index contributed by atoms with van der Waals surface area (Å²) in [5.41, 5.74) is 6.48. The Morgan fingerprint density at radius 1 is 1.33 bits per heavy atom. The lowest BCUT2D eigenvalue weighted by Crippen LogP contribution is -2.07. The third-order valence-corrected chi connectivity index (χ3v) is 4.35. The molecular formula is C11H16N4OS2. The van der Waals surface area contributed by atoms with Crippen molar-refractivity contribution in [2.75, 3.05) is 5.73 Å². The summed E-state index contributed by atoms with van der Waals surface area (Å²) in [7, 11) is 0. The van der Waals surface area contributed by atoms with Gasteiger partial charge in [0.15, 0.2) is 11.0 Å². The van der Waals surface area contributed by atoms with Crippen LogP contribution in [0.2, 0.25) is 0 Å². The highest BCUT2D eigenvalue weighted by Gasteiger charge is 2.17. The summed E-state index contributed by atoms with van der Waals surface area (Å²) < 4.78 is 5.44. The fourth-order valence-corrected chi connectivity index (χ4v) is 2.74. The highest BCUT2D eigenvalue weighted by molar-refractivity contribution is 7.99. The first-order valence-corrected chi connectivity index (χ1v) is 7.35.